The summed E-state index contributed by atoms with van der Waals surface area (Å²) in [4.78, 5) is 10.9. The van der Waals surface area contributed by atoms with Crippen LogP contribution in [0.5, 0.6) is 5.75 Å². The molecule has 0 saturated heterocycles. The second kappa shape index (κ2) is 6.25. The molecule has 0 aromatic heterocycles. The van der Waals surface area contributed by atoms with E-state index in [0.29, 0.717) is 10.8 Å². The second-order valence-corrected chi connectivity index (χ2v) is 4.51. The van der Waals surface area contributed by atoms with Crippen molar-refractivity contribution >= 4 is 17.6 Å². The largest absolute Gasteiger partial charge is 0.485 e. The number of carbonyl (C=O) groups is 1. The molecule has 2 aromatic rings. The molecular weight excluding hydrogens is 264 g/mol. The maximum absolute atomic E-state index is 10.9. The number of hydrogen-bond acceptors (Lipinski definition) is 2. The van der Waals surface area contributed by atoms with Gasteiger partial charge in [-0.25, -0.2) is 0 Å². The number of carboxylic acids is 1. The van der Waals surface area contributed by atoms with Crippen LogP contribution in [-0.2, 0) is 4.79 Å². The van der Waals surface area contributed by atoms with E-state index in [1.54, 1.807) is 24.3 Å². The van der Waals surface area contributed by atoms with Crippen molar-refractivity contribution in [1.82, 2.24) is 0 Å². The Morgan fingerprint density at radius 1 is 1.16 bits per heavy atom. The molecule has 19 heavy (non-hydrogen) atoms. The molecule has 2 aromatic carbocycles. The topological polar surface area (TPSA) is 46.5 Å². The average Bonchev–Trinajstić information content (AvgIpc) is 2.38. The maximum Gasteiger partial charge on any atom is 0.307 e. The summed E-state index contributed by atoms with van der Waals surface area (Å²) >= 11 is 5.88. The summed E-state index contributed by atoms with van der Waals surface area (Å²) in [6, 6.07) is 16.2. The Morgan fingerprint density at radius 3 is 2.53 bits per heavy atom. The van der Waals surface area contributed by atoms with Crippen LogP contribution in [0.1, 0.15) is 18.1 Å². The third kappa shape index (κ3) is 4.00. The van der Waals surface area contributed by atoms with Gasteiger partial charge in [0, 0.05) is 5.02 Å². The van der Waals surface area contributed by atoms with Crippen molar-refractivity contribution in [2.45, 2.75) is 12.5 Å². The first-order valence-electron chi connectivity index (χ1n) is 5.84. The fourth-order valence-corrected chi connectivity index (χ4v) is 1.94. The molecule has 0 saturated carbocycles. The van der Waals surface area contributed by atoms with Crippen LogP contribution >= 0.6 is 11.6 Å². The van der Waals surface area contributed by atoms with Gasteiger partial charge < -0.3 is 9.84 Å². The molecule has 3 nitrogen and oxygen atoms in total. The van der Waals surface area contributed by atoms with Gasteiger partial charge >= 0.3 is 5.97 Å². The first kappa shape index (κ1) is 13.4. The van der Waals surface area contributed by atoms with Gasteiger partial charge in [0.05, 0.1) is 6.42 Å². The molecule has 0 spiro atoms. The number of hydrogen-bond donors (Lipinski definition) is 1. The highest BCUT2D eigenvalue weighted by molar-refractivity contribution is 6.30. The molecule has 4 heteroatoms. The van der Waals surface area contributed by atoms with Crippen molar-refractivity contribution in [2.24, 2.45) is 0 Å². The van der Waals surface area contributed by atoms with E-state index in [4.69, 9.17) is 21.4 Å². The molecule has 0 bridgehead atoms. The number of carboxylic acid groups (broad SMARTS) is 1. The van der Waals surface area contributed by atoms with E-state index in [-0.39, 0.29) is 6.42 Å². The molecule has 98 valence electrons. The third-order valence-electron chi connectivity index (χ3n) is 2.61. The molecule has 0 fully saturated rings. The van der Waals surface area contributed by atoms with Crippen LogP contribution in [0.3, 0.4) is 0 Å². The van der Waals surface area contributed by atoms with Gasteiger partial charge in [-0.1, -0.05) is 48.0 Å². The van der Waals surface area contributed by atoms with E-state index in [1.165, 1.54) is 0 Å². The first-order chi connectivity index (χ1) is 9.15. The molecule has 0 radical (unpaired) electrons. The summed E-state index contributed by atoms with van der Waals surface area (Å²) in [5.74, 6) is -0.349. The number of aliphatic carboxylic acids is 1. The monoisotopic (exact) mass is 276 g/mol. The van der Waals surface area contributed by atoms with Crippen molar-refractivity contribution < 1.29 is 14.6 Å². The zero-order chi connectivity index (χ0) is 13.7. The van der Waals surface area contributed by atoms with Crippen LogP contribution in [0.4, 0.5) is 0 Å². The quantitative estimate of drug-likeness (QED) is 0.900. The first-order valence-corrected chi connectivity index (χ1v) is 6.22. The molecular formula is C15H13ClO3. The molecule has 0 aliphatic rings. The van der Waals surface area contributed by atoms with E-state index in [0.717, 1.165) is 5.56 Å². The Morgan fingerprint density at radius 2 is 1.89 bits per heavy atom. The standard InChI is InChI=1S/C15H13ClO3/c16-12-7-4-8-13(9-12)19-14(10-15(17)18)11-5-2-1-3-6-11/h1-9,14H,10H2,(H,17,18). The zero-order valence-corrected chi connectivity index (χ0v) is 10.9. The lowest BCUT2D eigenvalue weighted by Gasteiger charge is -2.18. The third-order valence-corrected chi connectivity index (χ3v) is 2.84. The number of benzene rings is 2. The summed E-state index contributed by atoms with van der Waals surface area (Å²) in [6.07, 6.45) is -0.631. The van der Waals surface area contributed by atoms with Gasteiger partial charge in [0.1, 0.15) is 11.9 Å². The SMILES string of the molecule is O=C(O)CC(Oc1cccc(Cl)c1)c1ccccc1. The van der Waals surface area contributed by atoms with Crippen molar-refractivity contribution in [3.05, 3.63) is 65.2 Å². The predicted molar refractivity (Wildman–Crippen MR) is 73.5 cm³/mol. The summed E-state index contributed by atoms with van der Waals surface area (Å²) in [7, 11) is 0. The zero-order valence-electron chi connectivity index (χ0n) is 10.1. The highest BCUT2D eigenvalue weighted by Gasteiger charge is 2.17. The van der Waals surface area contributed by atoms with E-state index in [9.17, 15) is 4.79 Å². The Balaban J connectivity index is 2.21. The Labute approximate surface area is 116 Å². The van der Waals surface area contributed by atoms with Crippen molar-refractivity contribution in [3.8, 4) is 5.75 Å². The van der Waals surface area contributed by atoms with Gasteiger partial charge in [-0.05, 0) is 23.8 Å². The highest BCUT2D eigenvalue weighted by Crippen LogP contribution is 2.26. The van der Waals surface area contributed by atoms with Crippen LogP contribution in [0.25, 0.3) is 0 Å². The molecule has 0 aliphatic heterocycles. The second-order valence-electron chi connectivity index (χ2n) is 4.07. The lowest BCUT2D eigenvalue weighted by Crippen LogP contribution is -2.12. The number of ether oxygens (including phenoxy) is 1. The minimum absolute atomic E-state index is 0.101. The molecule has 0 heterocycles. The van der Waals surface area contributed by atoms with Gasteiger partial charge in [-0.2, -0.15) is 0 Å². The lowest BCUT2D eigenvalue weighted by atomic mass is 10.1. The van der Waals surface area contributed by atoms with E-state index >= 15 is 0 Å². The lowest BCUT2D eigenvalue weighted by molar-refractivity contribution is -0.138. The molecule has 0 aliphatic carbocycles. The summed E-state index contributed by atoms with van der Waals surface area (Å²) in [5.41, 5.74) is 0.824. The van der Waals surface area contributed by atoms with E-state index < -0.39 is 12.1 Å². The molecule has 1 unspecified atom stereocenters. The Bertz CT molecular complexity index is 554. The Hall–Kier alpha value is -2.00. The Kier molecular flexibility index (Phi) is 4.42. The van der Waals surface area contributed by atoms with Crippen molar-refractivity contribution in [2.75, 3.05) is 0 Å². The maximum atomic E-state index is 10.9. The van der Waals surface area contributed by atoms with E-state index in [1.807, 2.05) is 30.3 Å². The van der Waals surface area contributed by atoms with Crippen LogP contribution in [0.2, 0.25) is 5.02 Å². The minimum atomic E-state index is -0.907. The van der Waals surface area contributed by atoms with Crippen molar-refractivity contribution in [1.29, 1.82) is 0 Å². The van der Waals surface area contributed by atoms with Crippen LogP contribution < -0.4 is 4.74 Å². The number of halogens is 1. The summed E-state index contributed by atoms with van der Waals surface area (Å²) in [5, 5.41) is 9.53. The van der Waals surface area contributed by atoms with Gasteiger partial charge in [0.15, 0.2) is 0 Å². The average molecular weight is 277 g/mol. The van der Waals surface area contributed by atoms with Crippen LogP contribution in [0, 0.1) is 0 Å². The van der Waals surface area contributed by atoms with Gasteiger partial charge in [0.25, 0.3) is 0 Å². The van der Waals surface area contributed by atoms with E-state index in [2.05, 4.69) is 0 Å². The minimum Gasteiger partial charge on any atom is -0.485 e. The van der Waals surface area contributed by atoms with Crippen LogP contribution in [0.15, 0.2) is 54.6 Å². The fourth-order valence-electron chi connectivity index (χ4n) is 1.76. The molecule has 0 amide bonds. The summed E-state index contributed by atoms with van der Waals surface area (Å²) in [6.45, 7) is 0. The van der Waals surface area contributed by atoms with Crippen molar-refractivity contribution in [3.63, 3.8) is 0 Å². The predicted octanol–water partition coefficient (Wildman–Crippen LogP) is 3.93. The van der Waals surface area contributed by atoms with Crippen LogP contribution in [-0.4, -0.2) is 11.1 Å². The molecule has 1 atom stereocenters. The molecule has 2 rings (SSSR count). The molecule has 1 N–H and O–H groups in total. The normalized spacial score (nSPS) is 11.8. The van der Waals surface area contributed by atoms with Gasteiger partial charge in [-0.15, -0.1) is 0 Å². The fraction of sp³-hybridized carbons (Fsp3) is 0.133. The summed E-state index contributed by atoms with van der Waals surface area (Å²) < 4.78 is 5.73. The van der Waals surface area contributed by atoms with Gasteiger partial charge in [-0.3, -0.25) is 4.79 Å². The van der Waals surface area contributed by atoms with Gasteiger partial charge in [0.2, 0.25) is 0 Å². The highest BCUT2D eigenvalue weighted by atomic mass is 35.5. The number of rotatable bonds is 5. The smallest absolute Gasteiger partial charge is 0.307 e.